The molecule has 8 heteroatoms. The van der Waals surface area contributed by atoms with Gasteiger partial charge in [-0.3, -0.25) is 4.57 Å². The van der Waals surface area contributed by atoms with Crippen LogP contribution in [0, 0.1) is 5.82 Å². The van der Waals surface area contributed by atoms with Gasteiger partial charge in [0, 0.05) is 23.4 Å². The summed E-state index contributed by atoms with van der Waals surface area (Å²) in [5.74, 6) is 1.52. The first-order chi connectivity index (χ1) is 13.5. The van der Waals surface area contributed by atoms with Gasteiger partial charge in [0.2, 0.25) is 0 Å². The molecule has 0 aliphatic carbocycles. The summed E-state index contributed by atoms with van der Waals surface area (Å²) in [4.78, 5) is 0. The zero-order valence-electron chi connectivity index (χ0n) is 15.1. The molecule has 2 aromatic carbocycles. The zero-order valence-corrected chi connectivity index (χ0v) is 17.4. The molecule has 0 aliphatic heterocycles. The number of aromatic nitrogens is 3. The SMILES string of the molecule is C=CCn1c(SCc2ccc(F)cc2)nnc1C(C)Oc1cc(Cl)ccc1Cl. The molecular weight excluding hydrogens is 420 g/mol. The Morgan fingerprint density at radius 3 is 2.68 bits per heavy atom. The fraction of sp³-hybridized carbons (Fsp3) is 0.200. The van der Waals surface area contributed by atoms with Crippen LogP contribution < -0.4 is 4.74 Å². The summed E-state index contributed by atoms with van der Waals surface area (Å²) in [5, 5.41) is 10.3. The van der Waals surface area contributed by atoms with Crippen LogP contribution in [0.25, 0.3) is 0 Å². The highest BCUT2D eigenvalue weighted by atomic mass is 35.5. The minimum Gasteiger partial charge on any atom is -0.481 e. The number of benzene rings is 2. The van der Waals surface area contributed by atoms with Gasteiger partial charge < -0.3 is 4.74 Å². The van der Waals surface area contributed by atoms with Crippen molar-refractivity contribution in [3.8, 4) is 5.75 Å². The van der Waals surface area contributed by atoms with Crippen molar-refractivity contribution in [3.05, 3.63) is 82.4 Å². The topological polar surface area (TPSA) is 39.9 Å². The number of nitrogens with zero attached hydrogens (tertiary/aromatic N) is 3. The van der Waals surface area contributed by atoms with Gasteiger partial charge in [-0.2, -0.15) is 0 Å². The van der Waals surface area contributed by atoms with Crippen molar-refractivity contribution < 1.29 is 9.13 Å². The first-order valence-electron chi connectivity index (χ1n) is 8.51. The summed E-state index contributed by atoms with van der Waals surface area (Å²) >= 11 is 13.7. The number of hydrogen-bond donors (Lipinski definition) is 0. The predicted molar refractivity (Wildman–Crippen MR) is 112 cm³/mol. The normalized spacial score (nSPS) is 12.0. The molecule has 0 spiro atoms. The van der Waals surface area contributed by atoms with E-state index in [2.05, 4.69) is 16.8 Å². The second kappa shape index (κ2) is 9.45. The number of hydrogen-bond acceptors (Lipinski definition) is 4. The summed E-state index contributed by atoms with van der Waals surface area (Å²) in [6.07, 6.45) is 1.37. The van der Waals surface area contributed by atoms with E-state index in [9.17, 15) is 4.39 Å². The molecule has 28 heavy (non-hydrogen) atoms. The van der Waals surface area contributed by atoms with Crippen LogP contribution in [0.3, 0.4) is 0 Å². The summed E-state index contributed by atoms with van der Waals surface area (Å²) in [5.41, 5.74) is 0.996. The Labute approximate surface area is 177 Å². The molecule has 146 valence electrons. The van der Waals surface area contributed by atoms with Crippen molar-refractivity contribution in [3.63, 3.8) is 0 Å². The van der Waals surface area contributed by atoms with Crippen molar-refractivity contribution in [2.24, 2.45) is 0 Å². The molecule has 0 fully saturated rings. The van der Waals surface area contributed by atoms with Crippen molar-refractivity contribution in [1.82, 2.24) is 14.8 Å². The quantitative estimate of drug-likeness (QED) is 0.304. The van der Waals surface area contributed by atoms with E-state index >= 15 is 0 Å². The van der Waals surface area contributed by atoms with E-state index in [4.69, 9.17) is 27.9 Å². The van der Waals surface area contributed by atoms with Crippen LogP contribution in [-0.4, -0.2) is 14.8 Å². The molecule has 0 aliphatic rings. The molecule has 1 aromatic heterocycles. The summed E-state index contributed by atoms with van der Waals surface area (Å²) in [6, 6.07) is 11.4. The lowest BCUT2D eigenvalue weighted by Crippen LogP contribution is -2.12. The molecule has 1 atom stereocenters. The third-order valence-electron chi connectivity index (χ3n) is 3.90. The Morgan fingerprint density at radius 2 is 1.96 bits per heavy atom. The predicted octanol–water partition coefficient (Wildman–Crippen LogP) is 6.34. The molecular formula is C20H18Cl2FN3OS. The molecule has 0 saturated heterocycles. The van der Waals surface area contributed by atoms with Crippen molar-refractivity contribution >= 4 is 35.0 Å². The molecule has 0 N–H and O–H groups in total. The Bertz CT molecular complexity index is 963. The van der Waals surface area contributed by atoms with Gasteiger partial charge in [-0.1, -0.05) is 53.2 Å². The second-order valence-corrected chi connectivity index (χ2v) is 7.78. The van der Waals surface area contributed by atoms with Crippen molar-refractivity contribution in [2.75, 3.05) is 0 Å². The third-order valence-corrected chi connectivity index (χ3v) is 5.48. The van der Waals surface area contributed by atoms with E-state index < -0.39 is 6.10 Å². The van der Waals surface area contributed by atoms with Crippen LogP contribution in [0.2, 0.25) is 10.0 Å². The molecule has 0 bridgehead atoms. The van der Waals surface area contributed by atoms with E-state index in [1.807, 2.05) is 11.5 Å². The van der Waals surface area contributed by atoms with Gasteiger partial charge in [0.1, 0.15) is 11.6 Å². The van der Waals surface area contributed by atoms with Crippen LogP contribution in [0.4, 0.5) is 4.39 Å². The van der Waals surface area contributed by atoms with Crippen LogP contribution >= 0.6 is 35.0 Å². The van der Waals surface area contributed by atoms with E-state index in [1.54, 1.807) is 36.4 Å². The number of rotatable bonds is 8. The fourth-order valence-electron chi connectivity index (χ4n) is 2.55. The summed E-state index contributed by atoms with van der Waals surface area (Å²) < 4.78 is 21.0. The third kappa shape index (κ3) is 5.07. The Hall–Kier alpha value is -2.02. The van der Waals surface area contributed by atoms with Crippen LogP contribution in [-0.2, 0) is 12.3 Å². The average molecular weight is 438 g/mol. The monoisotopic (exact) mass is 437 g/mol. The molecule has 0 saturated carbocycles. The van der Waals surface area contributed by atoms with Gasteiger partial charge >= 0.3 is 0 Å². The van der Waals surface area contributed by atoms with Crippen molar-refractivity contribution in [2.45, 2.75) is 30.5 Å². The molecule has 1 unspecified atom stereocenters. The molecule has 0 amide bonds. The highest BCUT2D eigenvalue weighted by Crippen LogP contribution is 2.32. The van der Waals surface area contributed by atoms with Crippen LogP contribution in [0.1, 0.15) is 24.4 Å². The summed E-state index contributed by atoms with van der Waals surface area (Å²) in [7, 11) is 0. The van der Waals surface area contributed by atoms with Gasteiger partial charge in [-0.25, -0.2) is 4.39 Å². The minimum absolute atomic E-state index is 0.253. The Morgan fingerprint density at radius 1 is 1.21 bits per heavy atom. The Balaban J connectivity index is 1.78. The highest BCUT2D eigenvalue weighted by molar-refractivity contribution is 7.98. The van der Waals surface area contributed by atoms with E-state index in [-0.39, 0.29) is 5.82 Å². The average Bonchev–Trinajstić information content (AvgIpc) is 3.07. The van der Waals surface area contributed by atoms with Crippen LogP contribution in [0.15, 0.2) is 60.3 Å². The minimum atomic E-state index is -0.399. The van der Waals surface area contributed by atoms with Gasteiger partial charge in [0.15, 0.2) is 17.1 Å². The molecule has 0 radical (unpaired) electrons. The highest BCUT2D eigenvalue weighted by Gasteiger charge is 2.20. The summed E-state index contributed by atoms with van der Waals surface area (Å²) in [6.45, 7) is 6.21. The number of allylic oxidation sites excluding steroid dienone is 1. The van der Waals surface area contributed by atoms with Gasteiger partial charge in [-0.15, -0.1) is 16.8 Å². The molecule has 3 aromatic rings. The lowest BCUT2D eigenvalue weighted by Gasteiger charge is -2.16. The first-order valence-corrected chi connectivity index (χ1v) is 10.2. The van der Waals surface area contributed by atoms with Crippen molar-refractivity contribution in [1.29, 1.82) is 0 Å². The lowest BCUT2D eigenvalue weighted by atomic mass is 10.2. The Kier molecular flexibility index (Phi) is 6.99. The van der Waals surface area contributed by atoms with E-state index in [0.717, 1.165) is 10.7 Å². The number of ether oxygens (including phenoxy) is 1. The molecule has 3 rings (SSSR count). The fourth-order valence-corrected chi connectivity index (χ4v) is 3.78. The van der Waals surface area contributed by atoms with Gasteiger partial charge in [-0.05, 0) is 36.8 Å². The molecule has 1 heterocycles. The lowest BCUT2D eigenvalue weighted by molar-refractivity contribution is 0.210. The van der Waals surface area contributed by atoms with E-state index in [1.165, 1.54) is 23.9 Å². The van der Waals surface area contributed by atoms with E-state index in [0.29, 0.717) is 33.9 Å². The maximum Gasteiger partial charge on any atom is 0.191 e. The maximum absolute atomic E-state index is 13.1. The standard InChI is InChI=1S/C20H18Cl2FN3OS/c1-3-10-26-19(13(2)27-18-11-15(21)6-9-17(18)22)24-25-20(26)28-12-14-4-7-16(23)8-5-14/h3-9,11,13H,1,10,12H2,2H3. The molecule has 4 nitrogen and oxygen atoms in total. The maximum atomic E-state index is 13.1. The number of halogens is 3. The number of thioether (sulfide) groups is 1. The zero-order chi connectivity index (χ0) is 20.1. The van der Waals surface area contributed by atoms with Gasteiger partial charge in [0.25, 0.3) is 0 Å². The van der Waals surface area contributed by atoms with Crippen LogP contribution in [0.5, 0.6) is 5.75 Å². The largest absolute Gasteiger partial charge is 0.481 e. The second-order valence-electron chi connectivity index (χ2n) is 5.99. The van der Waals surface area contributed by atoms with Gasteiger partial charge in [0.05, 0.1) is 5.02 Å². The first kappa shape index (κ1) is 20.7. The smallest absolute Gasteiger partial charge is 0.191 e.